The van der Waals surface area contributed by atoms with E-state index in [0.717, 1.165) is 28.1 Å². The van der Waals surface area contributed by atoms with E-state index in [0.29, 0.717) is 10.7 Å². The molecule has 0 aliphatic carbocycles. The number of imidazole rings is 1. The molecule has 6 heteroatoms. The molecule has 114 valence electrons. The maximum Gasteiger partial charge on any atom is 0.299 e. The summed E-state index contributed by atoms with van der Waals surface area (Å²) in [7, 11) is 0. The Morgan fingerprint density at radius 2 is 1.96 bits per heavy atom. The van der Waals surface area contributed by atoms with Crippen LogP contribution in [-0.2, 0) is 0 Å². The molecule has 0 fully saturated rings. The second kappa shape index (κ2) is 4.93. The van der Waals surface area contributed by atoms with Crippen LogP contribution in [0.2, 0.25) is 5.02 Å². The van der Waals surface area contributed by atoms with E-state index in [1.807, 2.05) is 48.7 Å². The van der Waals surface area contributed by atoms with Crippen LogP contribution in [0.15, 0.2) is 47.5 Å². The summed E-state index contributed by atoms with van der Waals surface area (Å²) in [6.07, 6.45) is 3.56. The SMILES string of the molecule is Cc1cn2c(n1)c(=O)n(-c1cccnc1C)c1cc(Cl)ccc12. The van der Waals surface area contributed by atoms with Gasteiger partial charge in [-0.2, -0.15) is 0 Å². The van der Waals surface area contributed by atoms with E-state index in [9.17, 15) is 4.79 Å². The van der Waals surface area contributed by atoms with Crippen molar-refractivity contribution < 1.29 is 0 Å². The maximum absolute atomic E-state index is 13.0. The van der Waals surface area contributed by atoms with E-state index in [-0.39, 0.29) is 5.56 Å². The Morgan fingerprint density at radius 1 is 1.13 bits per heavy atom. The molecule has 1 aromatic carbocycles. The molecule has 0 N–H and O–H groups in total. The largest absolute Gasteiger partial charge is 0.299 e. The Labute approximate surface area is 136 Å². The Hall–Kier alpha value is -2.66. The molecule has 5 nitrogen and oxygen atoms in total. The van der Waals surface area contributed by atoms with Gasteiger partial charge in [-0.1, -0.05) is 11.6 Å². The monoisotopic (exact) mass is 324 g/mol. The lowest BCUT2D eigenvalue weighted by Crippen LogP contribution is -2.22. The van der Waals surface area contributed by atoms with Gasteiger partial charge in [-0.15, -0.1) is 0 Å². The zero-order chi connectivity index (χ0) is 16.1. The van der Waals surface area contributed by atoms with E-state index < -0.39 is 0 Å². The molecule has 0 bridgehead atoms. The van der Waals surface area contributed by atoms with Gasteiger partial charge in [0.1, 0.15) is 0 Å². The Bertz CT molecular complexity index is 1130. The third kappa shape index (κ3) is 2.04. The predicted octanol–water partition coefficient (Wildman–Crippen LogP) is 3.30. The highest BCUT2D eigenvalue weighted by atomic mass is 35.5. The summed E-state index contributed by atoms with van der Waals surface area (Å²) in [6.45, 7) is 3.74. The Morgan fingerprint density at radius 3 is 2.74 bits per heavy atom. The van der Waals surface area contributed by atoms with Crippen LogP contribution in [0.1, 0.15) is 11.4 Å². The maximum atomic E-state index is 13.0. The van der Waals surface area contributed by atoms with E-state index in [4.69, 9.17) is 11.6 Å². The average molecular weight is 325 g/mol. The molecule has 0 radical (unpaired) electrons. The highest BCUT2D eigenvalue weighted by Gasteiger charge is 2.15. The van der Waals surface area contributed by atoms with Crippen molar-refractivity contribution in [1.82, 2.24) is 18.9 Å². The summed E-state index contributed by atoms with van der Waals surface area (Å²) in [5.74, 6) is 0. The van der Waals surface area contributed by atoms with Gasteiger partial charge in [0.2, 0.25) is 5.65 Å². The second-order valence-electron chi connectivity index (χ2n) is 5.46. The van der Waals surface area contributed by atoms with Gasteiger partial charge in [-0.05, 0) is 44.2 Å². The number of hydrogen-bond donors (Lipinski definition) is 0. The molecule has 0 atom stereocenters. The number of rotatable bonds is 1. The topological polar surface area (TPSA) is 52.2 Å². The number of hydrogen-bond acceptors (Lipinski definition) is 3. The molecule has 3 heterocycles. The highest BCUT2D eigenvalue weighted by Crippen LogP contribution is 2.23. The molecule has 23 heavy (non-hydrogen) atoms. The molecular formula is C17H13ClN4O. The zero-order valence-corrected chi connectivity index (χ0v) is 13.4. The number of pyridine rings is 1. The molecule has 4 rings (SSSR count). The number of aryl methyl sites for hydroxylation is 2. The summed E-state index contributed by atoms with van der Waals surface area (Å²) >= 11 is 6.17. The van der Waals surface area contributed by atoms with Crippen molar-refractivity contribution in [3.05, 3.63) is 69.5 Å². The molecule has 0 unspecified atom stereocenters. The molecular weight excluding hydrogens is 312 g/mol. The lowest BCUT2D eigenvalue weighted by atomic mass is 10.2. The fourth-order valence-corrected chi connectivity index (χ4v) is 3.04. The highest BCUT2D eigenvalue weighted by molar-refractivity contribution is 6.31. The quantitative estimate of drug-likeness (QED) is 0.540. The molecule has 0 saturated heterocycles. The van der Waals surface area contributed by atoms with Gasteiger partial charge in [0, 0.05) is 17.4 Å². The summed E-state index contributed by atoms with van der Waals surface area (Å²) in [4.78, 5) is 21.7. The molecule has 0 aliphatic heterocycles. The summed E-state index contributed by atoms with van der Waals surface area (Å²) < 4.78 is 3.44. The molecule has 0 aliphatic rings. The molecule has 0 amide bonds. The predicted molar refractivity (Wildman–Crippen MR) is 90.6 cm³/mol. The van der Waals surface area contributed by atoms with Gasteiger partial charge in [0.05, 0.1) is 28.1 Å². The van der Waals surface area contributed by atoms with Gasteiger partial charge in [0.15, 0.2) is 0 Å². The first-order valence-corrected chi connectivity index (χ1v) is 7.56. The van der Waals surface area contributed by atoms with Crippen molar-refractivity contribution in [2.45, 2.75) is 13.8 Å². The first kappa shape index (κ1) is 14.0. The normalized spacial score (nSPS) is 11.4. The van der Waals surface area contributed by atoms with Crippen molar-refractivity contribution in [1.29, 1.82) is 0 Å². The van der Waals surface area contributed by atoms with Crippen molar-refractivity contribution in [2.75, 3.05) is 0 Å². The van der Waals surface area contributed by atoms with Crippen LogP contribution in [-0.4, -0.2) is 18.9 Å². The van der Waals surface area contributed by atoms with E-state index in [1.54, 1.807) is 16.8 Å². The molecule has 0 saturated carbocycles. The number of halogens is 1. The Balaban J connectivity index is 2.29. The van der Waals surface area contributed by atoms with Gasteiger partial charge >= 0.3 is 0 Å². The van der Waals surface area contributed by atoms with Crippen LogP contribution in [0.25, 0.3) is 22.4 Å². The minimum absolute atomic E-state index is 0.191. The van der Waals surface area contributed by atoms with Crippen LogP contribution in [0, 0.1) is 13.8 Å². The number of benzene rings is 1. The zero-order valence-electron chi connectivity index (χ0n) is 12.6. The second-order valence-corrected chi connectivity index (χ2v) is 5.89. The standard InChI is InChI=1S/C17H13ClN4O/c1-10-9-21-14-6-5-12(18)8-15(14)22(17(23)16(21)20-10)13-4-3-7-19-11(13)2/h3-9H,1-2H3. The van der Waals surface area contributed by atoms with Crippen LogP contribution < -0.4 is 5.56 Å². The smallest absolute Gasteiger partial charge is 0.293 e. The van der Waals surface area contributed by atoms with Crippen LogP contribution >= 0.6 is 11.6 Å². The van der Waals surface area contributed by atoms with Crippen LogP contribution in [0.4, 0.5) is 0 Å². The van der Waals surface area contributed by atoms with Crippen molar-refractivity contribution in [3.63, 3.8) is 0 Å². The van der Waals surface area contributed by atoms with E-state index >= 15 is 0 Å². The number of aromatic nitrogens is 4. The molecule has 4 aromatic rings. The molecule has 3 aromatic heterocycles. The average Bonchev–Trinajstić information content (AvgIpc) is 2.91. The van der Waals surface area contributed by atoms with Gasteiger partial charge in [0.25, 0.3) is 5.56 Å². The fraction of sp³-hybridized carbons (Fsp3) is 0.118. The third-order valence-electron chi connectivity index (χ3n) is 3.88. The van der Waals surface area contributed by atoms with E-state index in [2.05, 4.69) is 9.97 Å². The summed E-state index contributed by atoms with van der Waals surface area (Å²) in [6, 6.07) is 9.18. The number of fused-ring (bicyclic) bond motifs is 3. The lowest BCUT2D eigenvalue weighted by molar-refractivity contribution is 0.980. The minimum atomic E-state index is -0.191. The van der Waals surface area contributed by atoms with Crippen LogP contribution in [0.3, 0.4) is 0 Å². The van der Waals surface area contributed by atoms with Gasteiger partial charge in [-0.25, -0.2) is 4.98 Å². The lowest BCUT2D eigenvalue weighted by Gasteiger charge is -2.13. The molecule has 0 spiro atoms. The van der Waals surface area contributed by atoms with Crippen molar-refractivity contribution in [2.24, 2.45) is 0 Å². The van der Waals surface area contributed by atoms with Crippen molar-refractivity contribution in [3.8, 4) is 5.69 Å². The van der Waals surface area contributed by atoms with Gasteiger partial charge < -0.3 is 0 Å². The third-order valence-corrected chi connectivity index (χ3v) is 4.11. The van der Waals surface area contributed by atoms with Gasteiger partial charge in [-0.3, -0.25) is 18.7 Å². The minimum Gasteiger partial charge on any atom is -0.293 e. The summed E-state index contributed by atoms with van der Waals surface area (Å²) in [5.41, 5.74) is 4.08. The summed E-state index contributed by atoms with van der Waals surface area (Å²) in [5, 5.41) is 0.573. The van der Waals surface area contributed by atoms with Crippen molar-refractivity contribution >= 4 is 28.3 Å². The van der Waals surface area contributed by atoms with E-state index in [1.165, 1.54) is 0 Å². The number of nitrogens with zero attached hydrogens (tertiary/aromatic N) is 4. The first-order chi connectivity index (χ1) is 11.1. The first-order valence-electron chi connectivity index (χ1n) is 7.18. The Kier molecular flexibility index (Phi) is 2.99. The fourth-order valence-electron chi connectivity index (χ4n) is 2.87. The van der Waals surface area contributed by atoms with Crippen LogP contribution in [0.5, 0.6) is 0 Å².